The Morgan fingerprint density at radius 1 is 1.09 bits per heavy atom. The van der Waals surface area contributed by atoms with Gasteiger partial charge in [-0.1, -0.05) is 30.3 Å². The van der Waals surface area contributed by atoms with Crippen molar-refractivity contribution in [2.45, 2.75) is 39.2 Å². The molecule has 2 aliphatic rings. The summed E-state index contributed by atoms with van der Waals surface area (Å²) in [5.41, 5.74) is 1.14. The topological polar surface area (TPSA) is 40.6 Å². The molecule has 2 fully saturated rings. The van der Waals surface area contributed by atoms with Crippen LogP contribution in [0.1, 0.15) is 38.2 Å². The summed E-state index contributed by atoms with van der Waals surface area (Å²) in [5, 5.41) is 0. The normalized spacial score (nSPS) is 23.4. The van der Waals surface area contributed by atoms with Crippen LogP contribution < -0.4 is 0 Å². The van der Waals surface area contributed by atoms with Gasteiger partial charge in [-0.3, -0.25) is 9.59 Å². The van der Waals surface area contributed by atoms with E-state index in [1.54, 1.807) is 0 Å². The molecule has 23 heavy (non-hydrogen) atoms. The van der Waals surface area contributed by atoms with Crippen molar-refractivity contribution >= 4 is 11.8 Å². The Morgan fingerprint density at radius 2 is 1.78 bits per heavy atom. The second-order valence-corrected chi connectivity index (χ2v) is 6.67. The Labute approximate surface area is 138 Å². The molecule has 2 amide bonds. The molecule has 1 heterocycles. The number of likely N-dealkylation sites (tertiary alicyclic amines) is 1. The van der Waals surface area contributed by atoms with Crippen LogP contribution in [0.15, 0.2) is 30.3 Å². The third-order valence-electron chi connectivity index (χ3n) is 5.00. The van der Waals surface area contributed by atoms with Gasteiger partial charge in [0.05, 0.1) is 11.8 Å². The minimum Gasteiger partial charge on any atom is -0.342 e. The molecular weight excluding hydrogens is 288 g/mol. The quantitative estimate of drug-likeness (QED) is 0.838. The fraction of sp³-hybridized carbons (Fsp3) is 0.579. The van der Waals surface area contributed by atoms with Gasteiger partial charge in [0.25, 0.3) is 0 Å². The standard InChI is InChI=1S/C19H26N2O2/c1-2-20(14-15-9-5-3-6-10-15)18(22)16-13-17(16)19(23)21-11-7-4-8-12-21/h3,5-6,9-10,16-17H,2,4,7-8,11-14H2,1H3. The maximum absolute atomic E-state index is 12.7. The van der Waals surface area contributed by atoms with Crippen molar-refractivity contribution in [1.82, 2.24) is 9.80 Å². The first kappa shape index (κ1) is 16.0. The number of amides is 2. The molecule has 0 N–H and O–H groups in total. The molecule has 0 spiro atoms. The summed E-state index contributed by atoms with van der Waals surface area (Å²) in [6.07, 6.45) is 4.16. The van der Waals surface area contributed by atoms with Gasteiger partial charge in [-0.25, -0.2) is 0 Å². The van der Waals surface area contributed by atoms with Crippen LogP contribution in [0.5, 0.6) is 0 Å². The Kier molecular flexibility index (Phi) is 4.99. The third kappa shape index (κ3) is 3.74. The molecule has 3 rings (SSSR count). The van der Waals surface area contributed by atoms with E-state index in [4.69, 9.17) is 0 Å². The molecule has 0 radical (unpaired) electrons. The number of hydrogen-bond donors (Lipinski definition) is 0. The van der Waals surface area contributed by atoms with E-state index in [1.165, 1.54) is 6.42 Å². The van der Waals surface area contributed by atoms with Crippen molar-refractivity contribution in [1.29, 1.82) is 0 Å². The van der Waals surface area contributed by atoms with E-state index in [2.05, 4.69) is 0 Å². The molecule has 4 heteroatoms. The van der Waals surface area contributed by atoms with Crippen LogP contribution in [0.3, 0.4) is 0 Å². The Morgan fingerprint density at radius 3 is 2.43 bits per heavy atom. The largest absolute Gasteiger partial charge is 0.342 e. The molecule has 1 aliphatic heterocycles. The summed E-state index contributed by atoms with van der Waals surface area (Å²) in [5.74, 6) is 0.198. The lowest BCUT2D eigenvalue weighted by molar-refractivity contribution is -0.138. The highest BCUT2D eigenvalue weighted by Crippen LogP contribution is 2.42. The van der Waals surface area contributed by atoms with Gasteiger partial charge in [0.2, 0.25) is 11.8 Å². The summed E-state index contributed by atoms with van der Waals surface area (Å²) in [6, 6.07) is 10.1. The van der Waals surface area contributed by atoms with Crippen LogP contribution in [0.25, 0.3) is 0 Å². The number of carbonyl (C=O) groups excluding carboxylic acids is 2. The van der Waals surface area contributed by atoms with Gasteiger partial charge in [-0.05, 0) is 38.2 Å². The van der Waals surface area contributed by atoms with Crippen LogP contribution in [0.4, 0.5) is 0 Å². The first-order chi connectivity index (χ1) is 11.2. The molecular formula is C19H26N2O2. The molecule has 1 saturated carbocycles. The summed E-state index contributed by atoms with van der Waals surface area (Å²) >= 11 is 0. The van der Waals surface area contributed by atoms with Gasteiger partial charge in [0, 0.05) is 26.2 Å². The molecule has 1 saturated heterocycles. The summed E-state index contributed by atoms with van der Waals surface area (Å²) in [7, 11) is 0. The van der Waals surface area contributed by atoms with Crippen molar-refractivity contribution in [2.24, 2.45) is 11.8 Å². The van der Waals surface area contributed by atoms with E-state index in [0.29, 0.717) is 13.1 Å². The van der Waals surface area contributed by atoms with E-state index >= 15 is 0 Å². The van der Waals surface area contributed by atoms with Gasteiger partial charge in [-0.15, -0.1) is 0 Å². The maximum Gasteiger partial charge on any atom is 0.226 e. The number of piperidine rings is 1. The van der Waals surface area contributed by atoms with E-state index in [9.17, 15) is 9.59 Å². The molecule has 2 unspecified atom stereocenters. The predicted molar refractivity (Wildman–Crippen MR) is 89.6 cm³/mol. The molecule has 4 nitrogen and oxygen atoms in total. The fourth-order valence-corrected chi connectivity index (χ4v) is 3.47. The number of rotatable bonds is 5. The van der Waals surface area contributed by atoms with Crippen LogP contribution in [0.2, 0.25) is 0 Å². The zero-order valence-corrected chi connectivity index (χ0v) is 13.9. The average molecular weight is 314 g/mol. The number of carbonyl (C=O) groups is 2. The Hall–Kier alpha value is -1.84. The number of hydrogen-bond acceptors (Lipinski definition) is 2. The first-order valence-electron chi connectivity index (χ1n) is 8.82. The van der Waals surface area contributed by atoms with Gasteiger partial charge < -0.3 is 9.80 Å². The van der Waals surface area contributed by atoms with Gasteiger partial charge in [0.1, 0.15) is 0 Å². The van der Waals surface area contributed by atoms with E-state index in [-0.39, 0.29) is 23.7 Å². The zero-order valence-electron chi connectivity index (χ0n) is 13.9. The summed E-state index contributed by atoms with van der Waals surface area (Å²) in [4.78, 5) is 29.0. The lowest BCUT2D eigenvalue weighted by Gasteiger charge is -2.27. The van der Waals surface area contributed by atoms with Crippen molar-refractivity contribution < 1.29 is 9.59 Å². The summed E-state index contributed by atoms with van der Waals surface area (Å²) in [6.45, 7) is 5.08. The van der Waals surface area contributed by atoms with Crippen LogP contribution in [0, 0.1) is 11.8 Å². The Bertz CT molecular complexity index is 552. The predicted octanol–water partition coefficient (Wildman–Crippen LogP) is 2.68. The van der Waals surface area contributed by atoms with Gasteiger partial charge in [0.15, 0.2) is 0 Å². The van der Waals surface area contributed by atoms with Crippen LogP contribution >= 0.6 is 0 Å². The number of benzene rings is 1. The average Bonchev–Trinajstić information content (AvgIpc) is 3.41. The molecule has 124 valence electrons. The lowest BCUT2D eigenvalue weighted by Crippen LogP contribution is -2.38. The van der Waals surface area contributed by atoms with Crippen molar-refractivity contribution in [2.75, 3.05) is 19.6 Å². The molecule has 0 bridgehead atoms. The molecule has 0 aromatic heterocycles. The molecule has 1 aromatic carbocycles. The third-order valence-corrected chi connectivity index (χ3v) is 5.00. The van der Waals surface area contributed by atoms with Crippen molar-refractivity contribution in [3.8, 4) is 0 Å². The monoisotopic (exact) mass is 314 g/mol. The first-order valence-corrected chi connectivity index (χ1v) is 8.82. The highest BCUT2D eigenvalue weighted by molar-refractivity contribution is 5.92. The molecule has 2 atom stereocenters. The second-order valence-electron chi connectivity index (χ2n) is 6.67. The maximum atomic E-state index is 12.7. The van der Waals surface area contributed by atoms with Crippen LogP contribution in [-0.4, -0.2) is 41.2 Å². The minimum absolute atomic E-state index is 0.0644. The van der Waals surface area contributed by atoms with E-state index in [1.807, 2.05) is 47.1 Å². The van der Waals surface area contributed by atoms with Crippen LogP contribution in [-0.2, 0) is 16.1 Å². The molecule has 1 aromatic rings. The molecule has 1 aliphatic carbocycles. The fourth-order valence-electron chi connectivity index (χ4n) is 3.47. The lowest BCUT2D eigenvalue weighted by atomic mass is 10.1. The number of nitrogens with zero attached hydrogens (tertiary/aromatic N) is 2. The second kappa shape index (κ2) is 7.16. The minimum atomic E-state index is -0.0897. The SMILES string of the molecule is CCN(Cc1ccccc1)C(=O)C1CC1C(=O)N1CCCCC1. The highest BCUT2D eigenvalue weighted by Gasteiger charge is 2.50. The van der Waals surface area contributed by atoms with Crippen molar-refractivity contribution in [3.05, 3.63) is 35.9 Å². The zero-order chi connectivity index (χ0) is 16.2. The van der Waals surface area contributed by atoms with E-state index in [0.717, 1.165) is 37.9 Å². The van der Waals surface area contributed by atoms with Crippen molar-refractivity contribution in [3.63, 3.8) is 0 Å². The smallest absolute Gasteiger partial charge is 0.226 e. The van der Waals surface area contributed by atoms with Gasteiger partial charge >= 0.3 is 0 Å². The summed E-state index contributed by atoms with van der Waals surface area (Å²) < 4.78 is 0. The highest BCUT2D eigenvalue weighted by atomic mass is 16.2. The Balaban J connectivity index is 1.56. The van der Waals surface area contributed by atoms with Gasteiger partial charge in [-0.2, -0.15) is 0 Å². The van der Waals surface area contributed by atoms with E-state index < -0.39 is 0 Å².